The first kappa shape index (κ1) is 21.9. The number of carbonyl (C=O) groups excluding carboxylic acids is 1. The zero-order valence-electron chi connectivity index (χ0n) is 16.9. The molecule has 0 saturated carbocycles. The number of amides is 1. The van der Waals surface area contributed by atoms with Crippen molar-refractivity contribution in [3.05, 3.63) is 64.5 Å². The average Bonchev–Trinajstić information content (AvgIpc) is 3.44. The van der Waals surface area contributed by atoms with Crippen molar-refractivity contribution < 1.29 is 18.8 Å². The quantitative estimate of drug-likeness (QED) is 0.310. The summed E-state index contributed by atoms with van der Waals surface area (Å²) in [7, 11) is 0. The molecule has 1 N–H and O–H groups in total. The summed E-state index contributed by atoms with van der Waals surface area (Å²) in [6.45, 7) is 1.21. The molecule has 11 heteroatoms. The van der Waals surface area contributed by atoms with E-state index in [1.165, 1.54) is 48.2 Å². The summed E-state index contributed by atoms with van der Waals surface area (Å²) in [4.78, 5) is 22.8. The molecule has 2 heterocycles. The smallest absolute Gasteiger partial charge is 0.269 e. The molecule has 32 heavy (non-hydrogen) atoms. The van der Waals surface area contributed by atoms with Crippen LogP contribution in [0.4, 0.5) is 15.8 Å². The zero-order chi connectivity index (χ0) is 22.5. The second-order valence-corrected chi connectivity index (χ2v) is 8.14. The van der Waals surface area contributed by atoms with Gasteiger partial charge in [0.05, 0.1) is 23.3 Å². The molecule has 3 aromatic rings. The Morgan fingerprint density at radius 3 is 2.62 bits per heavy atom. The number of hydrogen-bond donors (Lipinski definition) is 1. The van der Waals surface area contributed by atoms with Gasteiger partial charge in [0.1, 0.15) is 5.82 Å². The molecule has 9 nitrogen and oxygen atoms in total. The number of halogens is 1. The predicted molar refractivity (Wildman–Crippen MR) is 117 cm³/mol. The molecule has 2 aromatic carbocycles. The first-order valence-electron chi connectivity index (χ1n) is 9.97. The SMILES string of the molecule is O=C(CSc1nnc(-c2ccc([N+](=O)[O-])cc2)n1C[C@H]1CCCO1)Nc1ccc(F)cc1. The summed E-state index contributed by atoms with van der Waals surface area (Å²) in [5.74, 6) is 0.00164. The molecule has 4 rings (SSSR count). The van der Waals surface area contributed by atoms with Crippen LogP contribution in [0, 0.1) is 15.9 Å². The van der Waals surface area contributed by atoms with Gasteiger partial charge in [-0.25, -0.2) is 4.39 Å². The van der Waals surface area contributed by atoms with Gasteiger partial charge < -0.3 is 10.1 Å². The first-order chi connectivity index (χ1) is 15.5. The van der Waals surface area contributed by atoms with E-state index in [0.29, 0.717) is 35.4 Å². The van der Waals surface area contributed by atoms with Crippen molar-refractivity contribution in [2.45, 2.75) is 30.6 Å². The minimum atomic E-state index is -0.456. The average molecular weight is 457 g/mol. The van der Waals surface area contributed by atoms with Crippen molar-refractivity contribution in [3.63, 3.8) is 0 Å². The van der Waals surface area contributed by atoms with Gasteiger partial charge in [-0.2, -0.15) is 0 Å². The van der Waals surface area contributed by atoms with Gasteiger partial charge in [-0.05, 0) is 49.2 Å². The van der Waals surface area contributed by atoms with Gasteiger partial charge in [-0.3, -0.25) is 19.5 Å². The van der Waals surface area contributed by atoms with Gasteiger partial charge in [0, 0.05) is 30.0 Å². The van der Waals surface area contributed by atoms with Crippen LogP contribution in [0.2, 0.25) is 0 Å². The van der Waals surface area contributed by atoms with Gasteiger partial charge in [0.25, 0.3) is 5.69 Å². The molecule has 166 valence electrons. The number of nitro benzene ring substituents is 1. The van der Waals surface area contributed by atoms with E-state index in [4.69, 9.17) is 4.74 Å². The topological polar surface area (TPSA) is 112 Å². The van der Waals surface area contributed by atoms with Gasteiger partial charge in [0.2, 0.25) is 5.91 Å². The van der Waals surface area contributed by atoms with Crippen molar-refractivity contribution >= 4 is 29.0 Å². The standard InChI is InChI=1S/C21H20FN5O4S/c22-15-5-7-16(8-6-15)23-19(28)13-32-21-25-24-20(26(21)12-18-2-1-11-31-18)14-3-9-17(10-4-14)27(29)30/h3-10,18H,1-2,11-13H2,(H,23,28)/t18-/m1/s1. The van der Waals surface area contributed by atoms with E-state index < -0.39 is 4.92 Å². The van der Waals surface area contributed by atoms with Crippen LogP contribution in [0.5, 0.6) is 0 Å². The van der Waals surface area contributed by atoms with Crippen LogP contribution < -0.4 is 5.32 Å². The Morgan fingerprint density at radius 1 is 1.22 bits per heavy atom. The Hall–Kier alpha value is -3.31. The number of aromatic nitrogens is 3. The Kier molecular flexibility index (Phi) is 6.76. The Morgan fingerprint density at radius 2 is 1.97 bits per heavy atom. The van der Waals surface area contributed by atoms with Crippen LogP contribution in [-0.2, 0) is 16.1 Å². The number of carbonyl (C=O) groups is 1. The van der Waals surface area contributed by atoms with E-state index in [1.54, 1.807) is 12.1 Å². The number of non-ortho nitro benzene ring substituents is 1. The molecule has 0 bridgehead atoms. The van der Waals surface area contributed by atoms with Crippen molar-refractivity contribution in [2.24, 2.45) is 0 Å². The largest absolute Gasteiger partial charge is 0.376 e. The van der Waals surface area contributed by atoms with E-state index in [1.807, 2.05) is 4.57 Å². The number of nitrogens with one attached hydrogen (secondary N) is 1. The second kappa shape index (κ2) is 9.88. The lowest BCUT2D eigenvalue weighted by Crippen LogP contribution is -2.18. The summed E-state index contributed by atoms with van der Waals surface area (Å²) < 4.78 is 20.7. The highest BCUT2D eigenvalue weighted by molar-refractivity contribution is 7.99. The van der Waals surface area contributed by atoms with Crippen LogP contribution in [0.25, 0.3) is 11.4 Å². The molecule has 1 atom stereocenters. The molecule has 0 spiro atoms. The third-order valence-electron chi connectivity index (χ3n) is 4.92. The molecule has 1 aliphatic heterocycles. The van der Waals surface area contributed by atoms with Gasteiger partial charge in [-0.1, -0.05) is 11.8 Å². The number of nitrogens with zero attached hydrogens (tertiary/aromatic N) is 4. The second-order valence-electron chi connectivity index (χ2n) is 7.20. The Labute approximate surface area is 187 Å². The van der Waals surface area contributed by atoms with Crippen LogP contribution in [0.3, 0.4) is 0 Å². The third-order valence-corrected chi connectivity index (χ3v) is 5.89. The van der Waals surface area contributed by atoms with E-state index in [0.717, 1.165) is 12.8 Å². The normalized spacial score (nSPS) is 15.6. The van der Waals surface area contributed by atoms with Crippen LogP contribution in [0.1, 0.15) is 12.8 Å². The minimum absolute atomic E-state index is 0.00833. The number of benzene rings is 2. The predicted octanol–water partition coefficient (Wildman–Crippen LogP) is 3.90. The van der Waals surface area contributed by atoms with Gasteiger partial charge >= 0.3 is 0 Å². The Bertz CT molecular complexity index is 1100. The number of ether oxygens (including phenoxy) is 1. The third kappa shape index (κ3) is 5.29. The highest BCUT2D eigenvalue weighted by Crippen LogP contribution is 2.28. The minimum Gasteiger partial charge on any atom is -0.376 e. The number of nitro groups is 1. The van der Waals surface area contributed by atoms with Crippen LogP contribution in [-0.4, -0.2) is 44.1 Å². The maximum Gasteiger partial charge on any atom is 0.269 e. The summed E-state index contributed by atoms with van der Waals surface area (Å²) in [5, 5.41) is 22.7. The van der Waals surface area contributed by atoms with Crippen LogP contribution >= 0.6 is 11.8 Å². The van der Waals surface area contributed by atoms with E-state index in [2.05, 4.69) is 15.5 Å². The van der Waals surface area contributed by atoms with E-state index >= 15 is 0 Å². The summed E-state index contributed by atoms with van der Waals surface area (Å²) in [6.07, 6.45) is 1.89. The summed E-state index contributed by atoms with van der Waals surface area (Å²) >= 11 is 1.22. The molecule has 0 radical (unpaired) electrons. The first-order valence-corrected chi connectivity index (χ1v) is 11.0. The summed E-state index contributed by atoms with van der Waals surface area (Å²) in [6, 6.07) is 11.6. The van der Waals surface area contributed by atoms with Gasteiger partial charge in [0.15, 0.2) is 11.0 Å². The number of anilines is 1. The number of rotatable bonds is 8. The Balaban J connectivity index is 1.51. The molecule has 0 unspecified atom stereocenters. The molecule has 1 saturated heterocycles. The monoisotopic (exact) mass is 457 g/mol. The molecular formula is C21H20FN5O4S. The van der Waals surface area contributed by atoms with Crippen molar-refractivity contribution in [1.82, 2.24) is 14.8 Å². The van der Waals surface area contributed by atoms with Crippen LogP contribution in [0.15, 0.2) is 53.7 Å². The van der Waals surface area contributed by atoms with Crippen molar-refractivity contribution in [1.29, 1.82) is 0 Å². The molecule has 1 amide bonds. The van der Waals surface area contributed by atoms with Gasteiger partial charge in [-0.15, -0.1) is 10.2 Å². The van der Waals surface area contributed by atoms with Crippen molar-refractivity contribution in [3.8, 4) is 11.4 Å². The lowest BCUT2D eigenvalue weighted by molar-refractivity contribution is -0.384. The fourth-order valence-electron chi connectivity index (χ4n) is 3.36. The molecule has 1 aliphatic rings. The maximum atomic E-state index is 13.0. The lowest BCUT2D eigenvalue weighted by atomic mass is 10.2. The fourth-order valence-corrected chi connectivity index (χ4v) is 4.11. The highest BCUT2D eigenvalue weighted by Gasteiger charge is 2.22. The molecule has 1 aromatic heterocycles. The molecule has 0 aliphatic carbocycles. The zero-order valence-corrected chi connectivity index (χ0v) is 17.8. The number of thioether (sulfide) groups is 1. The maximum absolute atomic E-state index is 13.0. The number of hydrogen-bond acceptors (Lipinski definition) is 7. The molecule has 1 fully saturated rings. The lowest BCUT2D eigenvalue weighted by Gasteiger charge is -2.14. The summed E-state index contributed by atoms with van der Waals surface area (Å²) in [5.41, 5.74) is 1.18. The van der Waals surface area contributed by atoms with E-state index in [9.17, 15) is 19.3 Å². The fraction of sp³-hybridized carbons (Fsp3) is 0.286. The van der Waals surface area contributed by atoms with E-state index in [-0.39, 0.29) is 29.3 Å². The highest BCUT2D eigenvalue weighted by atomic mass is 32.2. The van der Waals surface area contributed by atoms with Crippen molar-refractivity contribution in [2.75, 3.05) is 17.7 Å². The molecular weight excluding hydrogens is 437 g/mol.